The van der Waals surface area contributed by atoms with Crippen molar-refractivity contribution in [1.29, 1.82) is 0 Å². The first-order chi connectivity index (χ1) is 15.9. The van der Waals surface area contributed by atoms with Gasteiger partial charge in [0.15, 0.2) is 0 Å². The van der Waals surface area contributed by atoms with Gasteiger partial charge in [-0.25, -0.2) is 17.6 Å². The van der Waals surface area contributed by atoms with Gasteiger partial charge in [-0.3, -0.25) is 10.2 Å². The predicted octanol–water partition coefficient (Wildman–Crippen LogP) is 3.76. The molecule has 0 radical (unpaired) electrons. The van der Waals surface area contributed by atoms with E-state index in [0.29, 0.717) is 24.9 Å². The molecule has 2 amide bonds. The van der Waals surface area contributed by atoms with Crippen LogP contribution in [-0.2, 0) is 14.8 Å². The van der Waals surface area contributed by atoms with Crippen LogP contribution < -0.4 is 10.3 Å². The Morgan fingerprint density at radius 2 is 1.79 bits per heavy atom. The minimum Gasteiger partial charge on any atom is -0.444 e. The zero-order valence-electron chi connectivity index (χ0n) is 19.7. The highest BCUT2D eigenvalue weighted by molar-refractivity contribution is 7.90. The molecule has 1 aliphatic heterocycles. The molecule has 1 unspecified atom stereocenters. The molecule has 8 nitrogen and oxygen atoms in total. The number of carbonyl (C=O) groups excluding carboxylic acids is 2. The van der Waals surface area contributed by atoms with Crippen LogP contribution in [0.4, 0.5) is 9.18 Å². The summed E-state index contributed by atoms with van der Waals surface area (Å²) >= 11 is 0. The summed E-state index contributed by atoms with van der Waals surface area (Å²) < 4.78 is 45.7. The van der Waals surface area contributed by atoms with Crippen LogP contribution in [0.2, 0.25) is 0 Å². The highest BCUT2D eigenvalue weighted by Crippen LogP contribution is 2.25. The Balaban J connectivity index is 1.70. The average Bonchev–Trinajstić information content (AvgIpc) is 2.79. The standard InChI is InChI=1S/C24H30FN3O5S/c1-16-13-18(17-9-6-5-7-10-17)14-20(21(16)25)22(29)26-27-34(31,32)19-11-8-12-28(15-19)23(30)33-24(2,3)4/h5-7,9-10,13-14,19,27H,8,11-12,15H2,1-4H3,(H,26,29). The summed E-state index contributed by atoms with van der Waals surface area (Å²) in [7, 11) is -4.04. The molecule has 1 saturated heterocycles. The molecule has 1 atom stereocenters. The number of ether oxygens (including phenoxy) is 1. The number of nitrogens with zero attached hydrogens (tertiary/aromatic N) is 1. The minimum atomic E-state index is -4.04. The lowest BCUT2D eigenvalue weighted by atomic mass is 9.99. The number of sulfonamides is 1. The van der Waals surface area contributed by atoms with Crippen molar-refractivity contribution in [2.75, 3.05) is 13.1 Å². The summed E-state index contributed by atoms with van der Waals surface area (Å²) in [6, 6.07) is 12.2. The van der Waals surface area contributed by atoms with Crippen LogP contribution in [0.25, 0.3) is 11.1 Å². The molecule has 1 aliphatic rings. The molecule has 10 heteroatoms. The van der Waals surface area contributed by atoms with E-state index in [1.165, 1.54) is 17.9 Å². The molecule has 0 saturated carbocycles. The number of piperidine rings is 1. The summed E-state index contributed by atoms with van der Waals surface area (Å²) in [4.78, 5) is 28.4. The fourth-order valence-electron chi connectivity index (χ4n) is 3.68. The minimum absolute atomic E-state index is 0.0723. The van der Waals surface area contributed by atoms with Crippen molar-refractivity contribution >= 4 is 22.0 Å². The number of hydrazine groups is 1. The fourth-order valence-corrected chi connectivity index (χ4v) is 4.94. The Morgan fingerprint density at radius 3 is 2.44 bits per heavy atom. The second kappa shape index (κ2) is 10.1. The summed E-state index contributed by atoms with van der Waals surface area (Å²) in [5, 5.41) is -0.948. The molecular formula is C24H30FN3O5S. The summed E-state index contributed by atoms with van der Waals surface area (Å²) in [5.41, 5.74) is 2.82. The van der Waals surface area contributed by atoms with Crippen LogP contribution in [0, 0.1) is 12.7 Å². The zero-order valence-corrected chi connectivity index (χ0v) is 20.5. The molecule has 184 valence electrons. The second-order valence-corrected chi connectivity index (χ2v) is 11.3. The summed E-state index contributed by atoms with van der Waals surface area (Å²) in [5.74, 6) is -1.65. The van der Waals surface area contributed by atoms with Gasteiger partial charge in [-0.15, -0.1) is 4.83 Å². The topological polar surface area (TPSA) is 105 Å². The Bertz CT molecular complexity index is 1160. The Labute approximate surface area is 199 Å². The smallest absolute Gasteiger partial charge is 0.410 e. The van der Waals surface area contributed by atoms with E-state index in [0.717, 1.165) is 5.56 Å². The van der Waals surface area contributed by atoms with Crippen molar-refractivity contribution in [2.24, 2.45) is 0 Å². The number of rotatable bonds is 5. The third-order valence-corrected chi connectivity index (χ3v) is 7.03. The van der Waals surface area contributed by atoms with Gasteiger partial charge in [0.25, 0.3) is 5.91 Å². The number of nitrogens with one attached hydrogen (secondary N) is 2. The maximum atomic E-state index is 14.7. The first-order valence-electron chi connectivity index (χ1n) is 11.0. The zero-order chi connectivity index (χ0) is 25.1. The number of aryl methyl sites for hydroxylation is 1. The molecule has 1 heterocycles. The van der Waals surface area contributed by atoms with Crippen LogP contribution >= 0.6 is 0 Å². The molecule has 0 aliphatic carbocycles. The maximum Gasteiger partial charge on any atom is 0.410 e. The van der Waals surface area contributed by atoms with E-state index in [1.807, 2.05) is 30.3 Å². The quantitative estimate of drug-likeness (QED) is 0.620. The first kappa shape index (κ1) is 25.6. The van der Waals surface area contributed by atoms with Crippen LogP contribution in [-0.4, -0.2) is 49.3 Å². The molecule has 3 rings (SSSR count). The predicted molar refractivity (Wildman–Crippen MR) is 127 cm³/mol. The molecule has 2 aromatic rings. The lowest BCUT2D eigenvalue weighted by Gasteiger charge is -2.33. The number of amides is 2. The number of carbonyl (C=O) groups is 2. The molecular weight excluding hydrogens is 461 g/mol. The highest BCUT2D eigenvalue weighted by atomic mass is 32.2. The van der Waals surface area contributed by atoms with Crippen molar-refractivity contribution in [3.8, 4) is 11.1 Å². The van der Waals surface area contributed by atoms with E-state index in [1.54, 1.807) is 26.8 Å². The normalized spacial score (nSPS) is 16.7. The van der Waals surface area contributed by atoms with Gasteiger partial charge < -0.3 is 9.64 Å². The number of halogens is 1. The molecule has 1 fully saturated rings. The van der Waals surface area contributed by atoms with Crippen molar-refractivity contribution in [2.45, 2.75) is 51.4 Å². The second-order valence-electron chi connectivity index (χ2n) is 9.31. The lowest BCUT2D eigenvalue weighted by Crippen LogP contribution is -2.52. The Morgan fingerprint density at radius 1 is 1.12 bits per heavy atom. The number of hydrogen-bond acceptors (Lipinski definition) is 5. The molecule has 0 bridgehead atoms. The lowest BCUT2D eigenvalue weighted by molar-refractivity contribution is 0.0218. The highest BCUT2D eigenvalue weighted by Gasteiger charge is 2.35. The van der Waals surface area contributed by atoms with Gasteiger partial charge in [-0.2, -0.15) is 0 Å². The van der Waals surface area contributed by atoms with Crippen LogP contribution in [0.15, 0.2) is 42.5 Å². The van der Waals surface area contributed by atoms with Crippen LogP contribution in [0.5, 0.6) is 0 Å². The number of hydrogen-bond donors (Lipinski definition) is 2. The summed E-state index contributed by atoms with van der Waals surface area (Å²) in [6.07, 6.45) is 0.180. The van der Waals surface area contributed by atoms with Gasteiger partial charge >= 0.3 is 6.09 Å². The fraction of sp³-hybridized carbons (Fsp3) is 0.417. The van der Waals surface area contributed by atoms with E-state index >= 15 is 0 Å². The third kappa shape index (κ3) is 6.32. The van der Waals surface area contributed by atoms with Gasteiger partial charge in [0.2, 0.25) is 10.0 Å². The van der Waals surface area contributed by atoms with Crippen molar-refractivity contribution < 1.29 is 27.1 Å². The van der Waals surface area contributed by atoms with Crippen molar-refractivity contribution in [1.82, 2.24) is 15.2 Å². The number of likely N-dealkylation sites (tertiary alicyclic amines) is 1. The SMILES string of the molecule is Cc1cc(-c2ccccc2)cc(C(=O)NNS(=O)(=O)C2CCCN(C(=O)OC(C)(C)C)C2)c1F. The summed E-state index contributed by atoms with van der Waals surface area (Å²) in [6.45, 7) is 7.03. The van der Waals surface area contributed by atoms with Gasteiger partial charge in [-0.1, -0.05) is 30.3 Å². The van der Waals surface area contributed by atoms with Gasteiger partial charge in [-0.05, 0) is 69.4 Å². The average molecular weight is 492 g/mol. The Kier molecular flexibility index (Phi) is 7.62. The van der Waals surface area contributed by atoms with Gasteiger partial charge in [0.1, 0.15) is 11.4 Å². The Hall–Kier alpha value is -2.98. The van der Waals surface area contributed by atoms with Crippen LogP contribution in [0.3, 0.4) is 0 Å². The van der Waals surface area contributed by atoms with Crippen LogP contribution in [0.1, 0.15) is 49.5 Å². The third-order valence-electron chi connectivity index (χ3n) is 5.38. The van der Waals surface area contributed by atoms with Crippen molar-refractivity contribution in [3.63, 3.8) is 0 Å². The van der Waals surface area contributed by atoms with E-state index in [-0.39, 0.29) is 17.7 Å². The molecule has 2 N–H and O–H groups in total. The molecule has 34 heavy (non-hydrogen) atoms. The largest absolute Gasteiger partial charge is 0.444 e. The molecule has 0 spiro atoms. The van der Waals surface area contributed by atoms with E-state index in [9.17, 15) is 22.4 Å². The van der Waals surface area contributed by atoms with Crippen molar-refractivity contribution in [3.05, 3.63) is 59.4 Å². The number of benzene rings is 2. The van der Waals surface area contributed by atoms with E-state index < -0.39 is 38.7 Å². The van der Waals surface area contributed by atoms with Gasteiger partial charge in [0, 0.05) is 13.1 Å². The molecule has 2 aromatic carbocycles. The maximum absolute atomic E-state index is 14.7. The van der Waals surface area contributed by atoms with Gasteiger partial charge in [0.05, 0.1) is 10.8 Å². The molecule has 0 aromatic heterocycles. The van der Waals surface area contributed by atoms with E-state index in [2.05, 4.69) is 10.3 Å². The monoisotopic (exact) mass is 491 g/mol. The van der Waals surface area contributed by atoms with E-state index in [4.69, 9.17) is 4.74 Å². The first-order valence-corrected chi connectivity index (χ1v) is 12.6.